The maximum Gasteiger partial charge on any atom is 0.0920 e. The van der Waals surface area contributed by atoms with Crippen molar-refractivity contribution in [3.8, 4) is 0 Å². The third kappa shape index (κ3) is 2.92. The molecule has 2 N–H and O–H groups in total. The van der Waals surface area contributed by atoms with E-state index in [1.165, 1.54) is 11.1 Å². The van der Waals surface area contributed by atoms with E-state index in [4.69, 9.17) is 0 Å². The van der Waals surface area contributed by atoms with Crippen LogP contribution in [0.1, 0.15) is 29.5 Å². The number of piperidine rings is 1. The summed E-state index contributed by atoms with van der Waals surface area (Å²) in [6.07, 6.45) is 2.54. The summed E-state index contributed by atoms with van der Waals surface area (Å²) in [4.78, 5) is 0. The third-order valence-corrected chi connectivity index (χ3v) is 4.17. The average molecular weight is 267 g/mol. The van der Waals surface area contributed by atoms with Crippen LogP contribution in [0.25, 0.3) is 0 Å². The maximum absolute atomic E-state index is 10.7. The first-order valence-electron chi connectivity index (χ1n) is 7.33. The zero-order valence-electron chi connectivity index (χ0n) is 11.7. The summed E-state index contributed by atoms with van der Waals surface area (Å²) in [7, 11) is 0. The highest BCUT2D eigenvalue weighted by atomic mass is 16.3. The molecule has 0 amide bonds. The zero-order valence-corrected chi connectivity index (χ0v) is 11.7. The van der Waals surface area contributed by atoms with Crippen LogP contribution < -0.4 is 5.32 Å². The van der Waals surface area contributed by atoms with Gasteiger partial charge >= 0.3 is 0 Å². The van der Waals surface area contributed by atoms with Gasteiger partial charge in [0.25, 0.3) is 0 Å². The molecule has 3 rings (SSSR count). The summed E-state index contributed by atoms with van der Waals surface area (Å²) >= 11 is 0. The molecular weight excluding hydrogens is 246 g/mol. The number of hydrogen-bond donors (Lipinski definition) is 2. The van der Waals surface area contributed by atoms with E-state index in [1.807, 2.05) is 6.07 Å². The van der Waals surface area contributed by atoms with Crippen molar-refractivity contribution in [3.05, 3.63) is 71.3 Å². The SMILES string of the molecule is OC1(c2ccc(Cc3ccccc3)cc2)CCNCC1. The minimum absolute atomic E-state index is 0.642. The molecule has 0 aliphatic carbocycles. The summed E-state index contributed by atoms with van der Waals surface area (Å²) in [6, 6.07) is 18.9. The molecule has 1 heterocycles. The molecule has 1 aliphatic heterocycles. The first-order chi connectivity index (χ1) is 9.76. The molecule has 1 saturated heterocycles. The number of benzene rings is 2. The van der Waals surface area contributed by atoms with Crippen LogP contribution in [0.2, 0.25) is 0 Å². The van der Waals surface area contributed by atoms with Crippen LogP contribution in [-0.2, 0) is 12.0 Å². The Kier molecular flexibility index (Phi) is 3.86. The fraction of sp³-hybridized carbons (Fsp3) is 0.333. The highest BCUT2D eigenvalue weighted by Crippen LogP contribution is 2.30. The van der Waals surface area contributed by atoms with Crippen LogP contribution in [0, 0.1) is 0 Å². The van der Waals surface area contributed by atoms with E-state index in [9.17, 15) is 5.11 Å². The fourth-order valence-electron chi connectivity index (χ4n) is 2.89. The van der Waals surface area contributed by atoms with Crippen molar-refractivity contribution < 1.29 is 5.11 Å². The van der Waals surface area contributed by atoms with Crippen LogP contribution >= 0.6 is 0 Å². The lowest BCUT2D eigenvalue weighted by Gasteiger charge is -2.33. The molecule has 0 spiro atoms. The van der Waals surface area contributed by atoms with Gasteiger partial charge in [-0.2, -0.15) is 0 Å². The zero-order chi connectivity index (χ0) is 13.8. The second-order valence-electron chi connectivity index (χ2n) is 5.64. The molecule has 2 aromatic rings. The van der Waals surface area contributed by atoms with Crippen LogP contribution in [0.5, 0.6) is 0 Å². The van der Waals surface area contributed by atoms with Gasteiger partial charge in [0.1, 0.15) is 0 Å². The van der Waals surface area contributed by atoms with Crippen LogP contribution in [0.15, 0.2) is 54.6 Å². The second kappa shape index (κ2) is 5.78. The molecule has 0 saturated carbocycles. The lowest BCUT2D eigenvalue weighted by Crippen LogP contribution is -2.39. The lowest BCUT2D eigenvalue weighted by atomic mass is 9.84. The Balaban J connectivity index is 1.74. The van der Waals surface area contributed by atoms with Crippen molar-refractivity contribution in [2.45, 2.75) is 24.9 Å². The van der Waals surface area contributed by atoms with Crippen molar-refractivity contribution >= 4 is 0 Å². The number of nitrogens with one attached hydrogen (secondary N) is 1. The predicted molar refractivity (Wildman–Crippen MR) is 81.7 cm³/mol. The Morgan fingerprint density at radius 2 is 1.45 bits per heavy atom. The van der Waals surface area contributed by atoms with Crippen molar-refractivity contribution in [2.75, 3.05) is 13.1 Å². The van der Waals surface area contributed by atoms with Crippen molar-refractivity contribution in [3.63, 3.8) is 0 Å². The smallest absolute Gasteiger partial charge is 0.0920 e. The summed E-state index contributed by atoms with van der Waals surface area (Å²) in [5, 5.41) is 14.0. The maximum atomic E-state index is 10.7. The first kappa shape index (κ1) is 13.3. The molecule has 2 nitrogen and oxygen atoms in total. The minimum Gasteiger partial charge on any atom is -0.385 e. The van der Waals surface area contributed by atoms with Gasteiger partial charge in [-0.3, -0.25) is 0 Å². The van der Waals surface area contributed by atoms with E-state index >= 15 is 0 Å². The molecule has 2 heteroatoms. The Hall–Kier alpha value is -1.64. The molecule has 104 valence electrons. The molecular formula is C18H21NO. The van der Waals surface area contributed by atoms with Crippen LogP contribution in [0.4, 0.5) is 0 Å². The van der Waals surface area contributed by atoms with Gasteiger partial charge in [-0.05, 0) is 49.0 Å². The largest absolute Gasteiger partial charge is 0.385 e. The summed E-state index contributed by atoms with van der Waals surface area (Å²) in [5.41, 5.74) is 3.02. The molecule has 1 aliphatic rings. The summed E-state index contributed by atoms with van der Waals surface area (Å²) in [5.74, 6) is 0. The minimum atomic E-state index is -0.642. The van der Waals surface area contributed by atoms with Crippen molar-refractivity contribution in [1.29, 1.82) is 0 Å². The molecule has 0 aromatic heterocycles. The van der Waals surface area contributed by atoms with Gasteiger partial charge in [0.2, 0.25) is 0 Å². The summed E-state index contributed by atoms with van der Waals surface area (Å²) in [6.45, 7) is 1.78. The Labute approximate surface area is 120 Å². The normalized spacial score (nSPS) is 17.9. The molecule has 0 unspecified atom stereocenters. The van der Waals surface area contributed by atoms with Crippen molar-refractivity contribution in [2.24, 2.45) is 0 Å². The molecule has 0 atom stereocenters. The molecule has 2 aromatic carbocycles. The van der Waals surface area contributed by atoms with E-state index in [0.29, 0.717) is 0 Å². The fourth-order valence-corrected chi connectivity index (χ4v) is 2.89. The first-order valence-corrected chi connectivity index (χ1v) is 7.33. The number of rotatable bonds is 3. The van der Waals surface area contributed by atoms with Gasteiger partial charge in [0.05, 0.1) is 5.60 Å². The third-order valence-electron chi connectivity index (χ3n) is 4.17. The van der Waals surface area contributed by atoms with E-state index < -0.39 is 5.60 Å². The van der Waals surface area contributed by atoms with Gasteiger partial charge in [-0.1, -0.05) is 54.6 Å². The number of hydrogen-bond acceptors (Lipinski definition) is 2. The van der Waals surface area contributed by atoms with Crippen molar-refractivity contribution in [1.82, 2.24) is 5.32 Å². The van der Waals surface area contributed by atoms with Gasteiger partial charge in [-0.25, -0.2) is 0 Å². The van der Waals surface area contributed by atoms with Crippen LogP contribution in [-0.4, -0.2) is 18.2 Å². The summed E-state index contributed by atoms with van der Waals surface area (Å²) < 4.78 is 0. The van der Waals surface area contributed by atoms with E-state index in [0.717, 1.165) is 37.9 Å². The second-order valence-corrected chi connectivity index (χ2v) is 5.64. The Morgan fingerprint density at radius 1 is 0.850 bits per heavy atom. The molecule has 0 bridgehead atoms. The predicted octanol–water partition coefficient (Wildman–Crippen LogP) is 2.85. The number of aliphatic hydroxyl groups is 1. The standard InChI is InChI=1S/C18H21NO/c20-18(10-12-19-13-11-18)17-8-6-16(7-9-17)14-15-4-2-1-3-5-15/h1-9,19-20H,10-14H2. The van der Waals surface area contributed by atoms with E-state index in [2.05, 4.69) is 53.8 Å². The van der Waals surface area contributed by atoms with E-state index in [1.54, 1.807) is 0 Å². The van der Waals surface area contributed by atoms with Gasteiger partial charge < -0.3 is 10.4 Å². The lowest BCUT2D eigenvalue weighted by molar-refractivity contribution is 0.00593. The topological polar surface area (TPSA) is 32.3 Å². The highest BCUT2D eigenvalue weighted by Gasteiger charge is 2.30. The van der Waals surface area contributed by atoms with Gasteiger partial charge in [0, 0.05) is 0 Å². The van der Waals surface area contributed by atoms with E-state index in [-0.39, 0.29) is 0 Å². The quantitative estimate of drug-likeness (QED) is 0.896. The molecule has 20 heavy (non-hydrogen) atoms. The van der Waals surface area contributed by atoms with Gasteiger partial charge in [0.15, 0.2) is 0 Å². The highest BCUT2D eigenvalue weighted by molar-refractivity contribution is 5.31. The Bertz CT molecular complexity index is 541. The Morgan fingerprint density at radius 3 is 2.10 bits per heavy atom. The monoisotopic (exact) mass is 267 g/mol. The average Bonchev–Trinajstić information content (AvgIpc) is 2.50. The van der Waals surface area contributed by atoms with Gasteiger partial charge in [-0.15, -0.1) is 0 Å². The van der Waals surface area contributed by atoms with Crippen LogP contribution in [0.3, 0.4) is 0 Å². The molecule has 0 radical (unpaired) electrons. The molecule has 1 fully saturated rings.